The van der Waals surface area contributed by atoms with E-state index in [9.17, 15) is 0 Å². The number of hydrogen-bond acceptors (Lipinski definition) is 2. The average molecular weight is 225 g/mol. The molecule has 0 radical (unpaired) electrons. The molecule has 3 rings (SSSR count). The molecule has 0 amide bonds. The Labute approximate surface area is 101 Å². The van der Waals surface area contributed by atoms with Crippen LogP contribution in [0.4, 0.5) is 5.69 Å². The van der Waals surface area contributed by atoms with E-state index in [2.05, 4.69) is 31.2 Å². The molecule has 0 fully saturated rings. The summed E-state index contributed by atoms with van der Waals surface area (Å²) in [5.41, 5.74) is 10.3. The Hall–Kier alpha value is -1.96. The normalized spacial score (nSPS) is 17.6. The maximum absolute atomic E-state index is 5.81. The van der Waals surface area contributed by atoms with Crippen LogP contribution in [0.5, 0.6) is 5.75 Å². The number of benzene rings is 2. The van der Waals surface area contributed by atoms with E-state index >= 15 is 0 Å². The van der Waals surface area contributed by atoms with Crippen LogP contribution in [-0.2, 0) is 6.42 Å². The SMILES string of the molecule is CC1Cc2cc(-c3cccc(N)c3)ccc2O1. The Balaban J connectivity index is 2.03. The number of nitrogen functional groups attached to an aromatic ring is 1. The summed E-state index contributed by atoms with van der Waals surface area (Å²) in [6, 6.07) is 14.3. The lowest BCUT2D eigenvalue weighted by atomic mass is 10.0. The van der Waals surface area contributed by atoms with Gasteiger partial charge in [0.05, 0.1) is 0 Å². The number of nitrogens with two attached hydrogens (primary N) is 1. The molecule has 1 atom stereocenters. The van der Waals surface area contributed by atoms with Gasteiger partial charge < -0.3 is 10.5 Å². The van der Waals surface area contributed by atoms with Gasteiger partial charge in [-0.15, -0.1) is 0 Å². The van der Waals surface area contributed by atoms with Crippen molar-refractivity contribution in [1.29, 1.82) is 0 Å². The van der Waals surface area contributed by atoms with Crippen molar-refractivity contribution >= 4 is 5.69 Å². The molecule has 1 unspecified atom stereocenters. The minimum atomic E-state index is 0.293. The maximum Gasteiger partial charge on any atom is 0.123 e. The summed E-state index contributed by atoms with van der Waals surface area (Å²) in [5, 5.41) is 0. The number of ether oxygens (including phenoxy) is 1. The van der Waals surface area contributed by atoms with E-state index in [1.807, 2.05) is 18.2 Å². The summed E-state index contributed by atoms with van der Waals surface area (Å²) in [5.74, 6) is 1.02. The largest absolute Gasteiger partial charge is 0.490 e. The second kappa shape index (κ2) is 3.81. The van der Waals surface area contributed by atoms with Gasteiger partial charge in [-0.05, 0) is 47.9 Å². The molecule has 0 saturated heterocycles. The fraction of sp³-hybridized carbons (Fsp3) is 0.200. The first-order chi connectivity index (χ1) is 8.22. The van der Waals surface area contributed by atoms with Gasteiger partial charge in [0.15, 0.2) is 0 Å². The molecule has 2 N–H and O–H groups in total. The second-order valence-corrected chi connectivity index (χ2v) is 4.58. The van der Waals surface area contributed by atoms with Crippen molar-refractivity contribution in [3.8, 4) is 16.9 Å². The molecule has 2 aromatic rings. The van der Waals surface area contributed by atoms with Gasteiger partial charge in [-0.25, -0.2) is 0 Å². The van der Waals surface area contributed by atoms with E-state index in [0.29, 0.717) is 6.10 Å². The number of fused-ring (bicyclic) bond motifs is 1. The van der Waals surface area contributed by atoms with Crippen molar-refractivity contribution in [3.63, 3.8) is 0 Å². The van der Waals surface area contributed by atoms with Crippen molar-refractivity contribution in [2.45, 2.75) is 19.4 Å². The van der Waals surface area contributed by atoms with Crippen molar-refractivity contribution in [2.24, 2.45) is 0 Å². The average Bonchev–Trinajstić information content (AvgIpc) is 2.68. The molecule has 1 heterocycles. The highest BCUT2D eigenvalue weighted by Crippen LogP contribution is 2.33. The number of hydrogen-bond donors (Lipinski definition) is 1. The molecule has 0 saturated carbocycles. The molecule has 2 nitrogen and oxygen atoms in total. The molecule has 1 aliphatic heterocycles. The van der Waals surface area contributed by atoms with Crippen molar-refractivity contribution in [2.75, 3.05) is 5.73 Å². The third kappa shape index (κ3) is 1.86. The van der Waals surface area contributed by atoms with Crippen molar-refractivity contribution in [1.82, 2.24) is 0 Å². The highest BCUT2D eigenvalue weighted by Gasteiger charge is 2.18. The zero-order valence-electron chi connectivity index (χ0n) is 9.81. The van der Waals surface area contributed by atoms with Crippen LogP contribution in [0.15, 0.2) is 42.5 Å². The first kappa shape index (κ1) is 10.2. The fourth-order valence-electron chi connectivity index (χ4n) is 2.32. The van der Waals surface area contributed by atoms with Gasteiger partial charge >= 0.3 is 0 Å². The lowest BCUT2D eigenvalue weighted by Gasteiger charge is -2.05. The maximum atomic E-state index is 5.81. The van der Waals surface area contributed by atoms with Crippen molar-refractivity contribution in [3.05, 3.63) is 48.0 Å². The van der Waals surface area contributed by atoms with Gasteiger partial charge in [-0.2, -0.15) is 0 Å². The van der Waals surface area contributed by atoms with Gasteiger partial charge in [0, 0.05) is 12.1 Å². The summed E-state index contributed by atoms with van der Waals surface area (Å²) in [7, 11) is 0. The van der Waals surface area contributed by atoms with Crippen LogP contribution in [0.2, 0.25) is 0 Å². The van der Waals surface area contributed by atoms with Gasteiger partial charge in [0.2, 0.25) is 0 Å². The summed E-state index contributed by atoms with van der Waals surface area (Å²) < 4.78 is 5.70. The predicted octanol–water partition coefficient (Wildman–Crippen LogP) is 3.26. The molecule has 2 heteroatoms. The van der Waals surface area contributed by atoms with E-state index in [1.165, 1.54) is 11.1 Å². The van der Waals surface area contributed by atoms with E-state index in [1.54, 1.807) is 0 Å². The van der Waals surface area contributed by atoms with Crippen LogP contribution in [0.3, 0.4) is 0 Å². The number of rotatable bonds is 1. The summed E-state index contributed by atoms with van der Waals surface area (Å²) in [4.78, 5) is 0. The summed E-state index contributed by atoms with van der Waals surface area (Å²) in [6.07, 6.45) is 1.28. The van der Waals surface area contributed by atoms with Crippen LogP contribution < -0.4 is 10.5 Å². The third-order valence-corrected chi connectivity index (χ3v) is 3.12. The number of anilines is 1. The third-order valence-electron chi connectivity index (χ3n) is 3.12. The van der Waals surface area contributed by atoms with E-state index in [-0.39, 0.29) is 0 Å². The second-order valence-electron chi connectivity index (χ2n) is 4.58. The smallest absolute Gasteiger partial charge is 0.123 e. The fourth-order valence-corrected chi connectivity index (χ4v) is 2.32. The monoisotopic (exact) mass is 225 g/mol. The first-order valence-corrected chi connectivity index (χ1v) is 5.88. The zero-order valence-corrected chi connectivity index (χ0v) is 9.81. The Morgan fingerprint density at radius 2 is 1.94 bits per heavy atom. The molecule has 0 bridgehead atoms. The van der Waals surface area contributed by atoms with Crippen LogP contribution >= 0.6 is 0 Å². The van der Waals surface area contributed by atoms with Crippen LogP contribution in [0, 0.1) is 0 Å². The minimum Gasteiger partial charge on any atom is -0.490 e. The lowest BCUT2D eigenvalue weighted by Crippen LogP contribution is -2.05. The molecule has 0 aliphatic carbocycles. The predicted molar refractivity (Wildman–Crippen MR) is 70.1 cm³/mol. The quantitative estimate of drug-likeness (QED) is 0.756. The van der Waals surface area contributed by atoms with Crippen LogP contribution in [0.1, 0.15) is 12.5 Å². The van der Waals surface area contributed by atoms with Gasteiger partial charge in [-0.1, -0.05) is 18.2 Å². The van der Waals surface area contributed by atoms with Crippen molar-refractivity contribution < 1.29 is 4.74 Å². The van der Waals surface area contributed by atoms with E-state index in [0.717, 1.165) is 23.4 Å². The summed E-state index contributed by atoms with van der Waals surface area (Å²) in [6.45, 7) is 2.10. The molecule has 0 aromatic heterocycles. The van der Waals surface area contributed by atoms with E-state index in [4.69, 9.17) is 10.5 Å². The zero-order chi connectivity index (χ0) is 11.8. The van der Waals surface area contributed by atoms with E-state index < -0.39 is 0 Å². The summed E-state index contributed by atoms with van der Waals surface area (Å²) >= 11 is 0. The molecular weight excluding hydrogens is 210 g/mol. The van der Waals surface area contributed by atoms with Gasteiger partial charge in [0.25, 0.3) is 0 Å². The molecular formula is C15H15NO. The van der Waals surface area contributed by atoms with Gasteiger partial charge in [0.1, 0.15) is 11.9 Å². The molecule has 17 heavy (non-hydrogen) atoms. The van der Waals surface area contributed by atoms with Gasteiger partial charge in [-0.3, -0.25) is 0 Å². The lowest BCUT2D eigenvalue weighted by molar-refractivity contribution is 0.254. The van der Waals surface area contributed by atoms with Crippen LogP contribution in [-0.4, -0.2) is 6.10 Å². The molecule has 2 aromatic carbocycles. The minimum absolute atomic E-state index is 0.293. The Kier molecular flexibility index (Phi) is 2.29. The Bertz CT molecular complexity index is 563. The standard InChI is InChI=1S/C15H15NO/c1-10-7-13-8-12(5-6-15(13)17-10)11-3-2-4-14(16)9-11/h2-6,8-10H,7,16H2,1H3. The highest BCUT2D eigenvalue weighted by atomic mass is 16.5. The topological polar surface area (TPSA) is 35.2 Å². The highest BCUT2D eigenvalue weighted by molar-refractivity contribution is 5.69. The Morgan fingerprint density at radius 3 is 2.76 bits per heavy atom. The molecule has 86 valence electrons. The Morgan fingerprint density at radius 1 is 1.12 bits per heavy atom. The first-order valence-electron chi connectivity index (χ1n) is 5.88. The van der Waals surface area contributed by atoms with Crippen LogP contribution in [0.25, 0.3) is 11.1 Å². The molecule has 0 spiro atoms. The molecule has 1 aliphatic rings.